The second kappa shape index (κ2) is 2.69. The number of rotatable bonds is 1. The molecule has 0 fully saturated rings. The van der Waals surface area contributed by atoms with Crippen LogP contribution in [0, 0.1) is 6.07 Å². The summed E-state index contributed by atoms with van der Waals surface area (Å²) >= 11 is 5.50. The Morgan fingerprint density at radius 2 is 2.56 bits per heavy atom. The molecule has 0 bridgehead atoms. The lowest BCUT2D eigenvalue weighted by molar-refractivity contribution is 0.398. The number of hydrogen-bond acceptors (Lipinski definition) is 2. The topological polar surface area (TPSA) is 22.1 Å². The Balaban J connectivity index is 2.88. The highest BCUT2D eigenvalue weighted by Gasteiger charge is 1.89. The maximum Gasteiger partial charge on any atom is 0.213 e. The zero-order valence-corrected chi connectivity index (χ0v) is 5.64. The van der Waals surface area contributed by atoms with E-state index in [-0.39, 0.29) is 0 Å². The molecule has 0 amide bonds. The Hall–Kier alpha value is -0.760. The van der Waals surface area contributed by atoms with Crippen LogP contribution >= 0.6 is 11.6 Å². The monoisotopic (exact) mass is 142 g/mol. The van der Waals surface area contributed by atoms with Gasteiger partial charge in [-0.2, -0.15) is 0 Å². The summed E-state index contributed by atoms with van der Waals surface area (Å²) in [6.45, 7) is 0. The van der Waals surface area contributed by atoms with Gasteiger partial charge in [-0.1, -0.05) is 11.6 Å². The van der Waals surface area contributed by atoms with Gasteiger partial charge in [0.05, 0.1) is 18.3 Å². The molecule has 0 spiro atoms. The molecule has 1 rings (SSSR count). The molecule has 0 saturated heterocycles. The molecule has 3 heteroatoms. The Bertz CT molecular complexity index is 185. The normalized spacial score (nSPS) is 9.11. The summed E-state index contributed by atoms with van der Waals surface area (Å²) in [5, 5.41) is 0.496. The molecule has 0 aliphatic carbocycles. The van der Waals surface area contributed by atoms with E-state index < -0.39 is 0 Å². The van der Waals surface area contributed by atoms with E-state index in [1.54, 1.807) is 13.2 Å². The number of aromatic nitrogens is 1. The van der Waals surface area contributed by atoms with E-state index in [1.807, 2.05) is 0 Å². The maximum atomic E-state index is 5.50. The number of methoxy groups -OCH3 is 1. The highest BCUT2D eigenvalue weighted by Crippen LogP contribution is 2.09. The van der Waals surface area contributed by atoms with Crippen molar-refractivity contribution in [2.45, 2.75) is 0 Å². The predicted molar refractivity (Wildman–Crippen MR) is 34.6 cm³/mol. The molecule has 0 unspecified atom stereocenters. The van der Waals surface area contributed by atoms with Crippen molar-refractivity contribution >= 4 is 11.6 Å². The number of hydrogen-bond donors (Lipinski definition) is 0. The third kappa shape index (κ3) is 1.57. The summed E-state index contributed by atoms with van der Waals surface area (Å²) < 4.78 is 4.77. The molecule has 0 N–H and O–H groups in total. The first-order valence-electron chi connectivity index (χ1n) is 2.40. The van der Waals surface area contributed by atoms with Crippen molar-refractivity contribution in [3.8, 4) is 5.88 Å². The van der Waals surface area contributed by atoms with Crippen molar-refractivity contribution in [2.75, 3.05) is 7.11 Å². The first kappa shape index (κ1) is 6.36. The quantitative estimate of drug-likeness (QED) is 0.594. The van der Waals surface area contributed by atoms with Crippen LogP contribution in [0.3, 0.4) is 0 Å². The van der Waals surface area contributed by atoms with Crippen LogP contribution < -0.4 is 4.74 Å². The molecule has 0 saturated carbocycles. The van der Waals surface area contributed by atoms with Crippen molar-refractivity contribution in [1.29, 1.82) is 0 Å². The molecule has 0 aromatic carbocycles. The van der Waals surface area contributed by atoms with Crippen LogP contribution in [0.4, 0.5) is 0 Å². The minimum Gasteiger partial charge on any atom is -0.481 e. The minimum absolute atomic E-state index is 0.496. The van der Waals surface area contributed by atoms with Gasteiger partial charge in [-0.25, -0.2) is 4.98 Å². The lowest BCUT2D eigenvalue weighted by Crippen LogP contribution is -1.84. The summed E-state index contributed by atoms with van der Waals surface area (Å²) in [7, 11) is 1.55. The van der Waals surface area contributed by atoms with Crippen LogP contribution in [-0.4, -0.2) is 12.1 Å². The van der Waals surface area contributed by atoms with Crippen molar-refractivity contribution in [3.63, 3.8) is 0 Å². The van der Waals surface area contributed by atoms with E-state index in [1.165, 1.54) is 6.20 Å². The third-order valence-corrected chi connectivity index (χ3v) is 1.05. The summed E-state index contributed by atoms with van der Waals surface area (Å²) in [5.41, 5.74) is 0. The second-order valence-corrected chi connectivity index (χ2v) is 1.84. The van der Waals surface area contributed by atoms with Gasteiger partial charge in [0.2, 0.25) is 5.88 Å². The summed E-state index contributed by atoms with van der Waals surface area (Å²) in [4.78, 5) is 3.81. The van der Waals surface area contributed by atoms with Gasteiger partial charge < -0.3 is 4.74 Å². The fourth-order valence-electron chi connectivity index (χ4n) is 0.437. The molecule has 0 aliphatic heterocycles. The average Bonchev–Trinajstić information content (AvgIpc) is 1.90. The van der Waals surface area contributed by atoms with E-state index in [9.17, 15) is 0 Å². The van der Waals surface area contributed by atoms with Crippen LogP contribution in [0.1, 0.15) is 0 Å². The minimum atomic E-state index is 0.496. The summed E-state index contributed by atoms with van der Waals surface area (Å²) in [5.74, 6) is 0.527. The van der Waals surface area contributed by atoms with E-state index in [4.69, 9.17) is 16.3 Å². The third-order valence-electron chi connectivity index (χ3n) is 0.848. The summed E-state index contributed by atoms with van der Waals surface area (Å²) in [6, 6.07) is 4.31. The smallest absolute Gasteiger partial charge is 0.213 e. The fraction of sp³-hybridized carbons (Fsp3) is 0.167. The zero-order chi connectivity index (χ0) is 6.69. The van der Waals surface area contributed by atoms with Gasteiger partial charge in [-0.3, -0.25) is 0 Å². The standard InChI is InChI=1S/C6H5ClNO/c1-9-6-3-2-5(7)4-8-6/h3-4H,1H3. The molecule has 2 nitrogen and oxygen atoms in total. The molecule has 1 aromatic rings. The molecule has 1 radical (unpaired) electrons. The molecular formula is C6H5ClNO. The molecule has 1 aromatic heterocycles. The molecular weight excluding hydrogens is 138 g/mol. The van der Waals surface area contributed by atoms with Gasteiger partial charge in [0.25, 0.3) is 0 Å². The maximum absolute atomic E-state index is 5.50. The summed E-state index contributed by atoms with van der Waals surface area (Å²) in [6.07, 6.45) is 1.49. The Kier molecular flexibility index (Phi) is 1.90. The van der Waals surface area contributed by atoms with Gasteiger partial charge in [0.15, 0.2) is 0 Å². The number of pyridine rings is 1. The van der Waals surface area contributed by atoms with Crippen molar-refractivity contribution in [3.05, 3.63) is 23.4 Å². The Morgan fingerprint density at radius 3 is 3.00 bits per heavy atom. The average molecular weight is 143 g/mol. The van der Waals surface area contributed by atoms with Gasteiger partial charge in [0.1, 0.15) is 0 Å². The molecule has 1 heterocycles. The van der Waals surface area contributed by atoms with E-state index >= 15 is 0 Å². The lowest BCUT2D eigenvalue weighted by atomic mass is 10.5. The van der Waals surface area contributed by atoms with Gasteiger partial charge in [-0.05, 0) is 0 Å². The van der Waals surface area contributed by atoms with Crippen LogP contribution in [0.2, 0.25) is 5.02 Å². The highest BCUT2D eigenvalue weighted by molar-refractivity contribution is 6.30. The molecule has 0 aliphatic rings. The fourth-order valence-corrected chi connectivity index (χ4v) is 0.540. The lowest BCUT2D eigenvalue weighted by Gasteiger charge is -1.94. The Morgan fingerprint density at radius 1 is 1.78 bits per heavy atom. The molecule has 0 atom stereocenters. The van der Waals surface area contributed by atoms with Crippen molar-refractivity contribution in [2.24, 2.45) is 0 Å². The van der Waals surface area contributed by atoms with E-state index in [0.29, 0.717) is 10.9 Å². The zero-order valence-electron chi connectivity index (χ0n) is 4.89. The number of halogens is 1. The second-order valence-electron chi connectivity index (χ2n) is 1.44. The number of nitrogens with zero attached hydrogens (tertiary/aromatic N) is 1. The van der Waals surface area contributed by atoms with Crippen LogP contribution in [-0.2, 0) is 0 Å². The highest BCUT2D eigenvalue weighted by atomic mass is 35.5. The first-order valence-corrected chi connectivity index (χ1v) is 2.78. The van der Waals surface area contributed by atoms with E-state index in [2.05, 4.69) is 11.1 Å². The van der Waals surface area contributed by atoms with Crippen LogP contribution in [0.5, 0.6) is 5.88 Å². The van der Waals surface area contributed by atoms with Gasteiger partial charge in [-0.15, -0.1) is 0 Å². The Labute approximate surface area is 58.4 Å². The van der Waals surface area contributed by atoms with Gasteiger partial charge in [0, 0.05) is 12.1 Å². The predicted octanol–water partition coefficient (Wildman–Crippen LogP) is 1.54. The van der Waals surface area contributed by atoms with Gasteiger partial charge >= 0.3 is 0 Å². The molecule has 47 valence electrons. The van der Waals surface area contributed by atoms with Crippen LogP contribution in [0.15, 0.2) is 12.3 Å². The molecule has 9 heavy (non-hydrogen) atoms. The largest absolute Gasteiger partial charge is 0.481 e. The SMILES string of the molecule is COc1c[c]c(Cl)cn1. The van der Waals surface area contributed by atoms with Crippen molar-refractivity contribution in [1.82, 2.24) is 4.98 Å². The van der Waals surface area contributed by atoms with E-state index in [0.717, 1.165) is 0 Å². The van der Waals surface area contributed by atoms with Crippen LogP contribution in [0.25, 0.3) is 0 Å². The number of ether oxygens (including phenoxy) is 1. The van der Waals surface area contributed by atoms with Crippen molar-refractivity contribution < 1.29 is 4.74 Å². The first-order chi connectivity index (χ1) is 4.33.